The number of fused-ring (bicyclic) bond motifs is 1. The summed E-state index contributed by atoms with van der Waals surface area (Å²) >= 11 is 5.03. The zero-order valence-electron chi connectivity index (χ0n) is 13.9. The van der Waals surface area contributed by atoms with E-state index >= 15 is 0 Å². The van der Waals surface area contributed by atoms with Crippen molar-refractivity contribution >= 4 is 40.8 Å². The average molecular weight is 411 g/mol. The molecule has 4 N–H and O–H groups in total. The highest BCUT2D eigenvalue weighted by Gasteiger charge is 2.32. The summed E-state index contributed by atoms with van der Waals surface area (Å²) < 4.78 is 40.3. The molecular formula is C16H12F3N5O3S. The van der Waals surface area contributed by atoms with Crippen molar-refractivity contribution in [3.63, 3.8) is 0 Å². The van der Waals surface area contributed by atoms with Gasteiger partial charge in [-0.3, -0.25) is 15.0 Å². The number of carbonyl (C=O) groups is 2. The van der Waals surface area contributed by atoms with Crippen LogP contribution < -0.4 is 16.0 Å². The molecule has 2 amide bonds. The molecule has 1 aromatic heterocycles. The lowest BCUT2D eigenvalue weighted by molar-refractivity contribution is -0.137. The van der Waals surface area contributed by atoms with E-state index < -0.39 is 23.7 Å². The number of nitrogens with two attached hydrogens (primary N) is 1. The number of thiocarbonyl (C=S) groups is 1. The maximum atomic E-state index is 13.0. The third-order valence-electron chi connectivity index (χ3n) is 3.91. The molecule has 146 valence electrons. The largest absolute Gasteiger partial charge is 0.465 e. The standard InChI is InChI=1S/C16H12F3N5O3S/c17-16(18,19)9-3-1-2-8(6-9)11-4-5-23(14(28)22-15(26)27)13-10(12(20)25)7-21-24(11)13/h1-4,6-7H,5H2,(H2,20,25)(H,22,28)(H,26,27). The fourth-order valence-corrected chi connectivity index (χ4v) is 2.98. The Bertz CT molecular complexity index is 1020. The van der Waals surface area contributed by atoms with Gasteiger partial charge in [-0.2, -0.15) is 18.3 Å². The number of hydrogen-bond acceptors (Lipinski definition) is 4. The quantitative estimate of drug-likeness (QED) is 0.654. The number of amides is 2. The van der Waals surface area contributed by atoms with Crippen LogP contribution in [0.15, 0.2) is 36.5 Å². The number of primary amides is 1. The molecule has 8 nitrogen and oxygen atoms in total. The van der Waals surface area contributed by atoms with E-state index in [-0.39, 0.29) is 34.3 Å². The van der Waals surface area contributed by atoms with Crippen molar-refractivity contribution in [2.75, 3.05) is 11.4 Å². The topological polar surface area (TPSA) is 113 Å². The summed E-state index contributed by atoms with van der Waals surface area (Å²) in [6.45, 7) is -0.0172. The van der Waals surface area contributed by atoms with E-state index in [9.17, 15) is 22.8 Å². The van der Waals surface area contributed by atoms with Gasteiger partial charge in [0.2, 0.25) is 0 Å². The Morgan fingerprint density at radius 3 is 2.64 bits per heavy atom. The maximum Gasteiger partial charge on any atom is 0.416 e. The number of halogens is 3. The maximum absolute atomic E-state index is 13.0. The Morgan fingerprint density at radius 2 is 2.04 bits per heavy atom. The highest BCUT2D eigenvalue weighted by atomic mass is 32.1. The number of carbonyl (C=O) groups excluding carboxylic acids is 1. The van der Waals surface area contributed by atoms with Crippen molar-refractivity contribution in [2.45, 2.75) is 6.18 Å². The van der Waals surface area contributed by atoms with Gasteiger partial charge >= 0.3 is 12.3 Å². The zero-order chi connectivity index (χ0) is 20.6. The number of alkyl halides is 3. The molecule has 0 saturated heterocycles. The number of rotatable bonds is 2. The van der Waals surface area contributed by atoms with Crippen molar-refractivity contribution in [3.8, 4) is 0 Å². The van der Waals surface area contributed by atoms with Crippen molar-refractivity contribution in [3.05, 3.63) is 53.2 Å². The second-order valence-corrected chi connectivity index (χ2v) is 6.06. The Balaban J connectivity index is 2.11. The van der Waals surface area contributed by atoms with Crippen LogP contribution in [0.1, 0.15) is 21.5 Å². The van der Waals surface area contributed by atoms with Crippen molar-refractivity contribution in [2.24, 2.45) is 5.73 Å². The van der Waals surface area contributed by atoms with Crippen LogP contribution in [0, 0.1) is 0 Å². The third kappa shape index (κ3) is 3.53. The minimum absolute atomic E-state index is 0.0172. The van der Waals surface area contributed by atoms with Gasteiger partial charge < -0.3 is 10.8 Å². The summed E-state index contributed by atoms with van der Waals surface area (Å²) in [5, 5.41) is 14.7. The number of hydrogen-bond donors (Lipinski definition) is 3. The molecule has 0 bridgehead atoms. The lowest BCUT2D eigenvalue weighted by atomic mass is 10.1. The molecular weight excluding hydrogens is 399 g/mol. The molecule has 0 spiro atoms. The van der Waals surface area contributed by atoms with E-state index in [2.05, 4.69) is 5.10 Å². The molecule has 0 aliphatic carbocycles. The van der Waals surface area contributed by atoms with Crippen LogP contribution >= 0.6 is 12.2 Å². The summed E-state index contributed by atoms with van der Waals surface area (Å²) in [5.74, 6) is -0.796. The summed E-state index contributed by atoms with van der Waals surface area (Å²) in [6, 6.07) is 4.59. The first-order valence-corrected chi connectivity index (χ1v) is 8.08. The highest BCUT2D eigenvalue weighted by Crippen LogP contribution is 2.34. The Hall–Kier alpha value is -3.41. The number of anilines is 1. The molecule has 1 aliphatic heterocycles. The number of benzene rings is 1. The summed E-state index contributed by atoms with van der Waals surface area (Å²) in [7, 11) is 0. The highest BCUT2D eigenvalue weighted by molar-refractivity contribution is 7.80. The van der Waals surface area contributed by atoms with Gasteiger partial charge in [-0.25, -0.2) is 9.48 Å². The molecule has 0 saturated carbocycles. The van der Waals surface area contributed by atoms with Crippen LogP contribution in [0.5, 0.6) is 0 Å². The fourth-order valence-electron chi connectivity index (χ4n) is 2.74. The van der Waals surface area contributed by atoms with Gasteiger partial charge in [0.05, 0.1) is 17.5 Å². The molecule has 0 atom stereocenters. The molecule has 0 fully saturated rings. The molecule has 0 unspecified atom stereocenters. The average Bonchev–Trinajstić information content (AvgIpc) is 3.05. The molecule has 2 aromatic rings. The predicted molar refractivity (Wildman–Crippen MR) is 96.7 cm³/mol. The van der Waals surface area contributed by atoms with Crippen molar-refractivity contribution in [1.29, 1.82) is 0 Å². The molecule has 0 radical (unpaired) electrons. The van der Waals surface area contributed by atoms with Crippen LogP contribution in [-0.2, 0) is 6.18 Å². The van der Waals surface area contributed by atoms with E-state index in [4.69, 9.17) is 23.1 Å². The summed E-state index contributed by atoms with van der Waals surface area (Å²) in [5.41, 5.74) is 4.90. The zero-order valence-corrected chi connectivity index (χ0v) is 14.7. The van der Waals surface area contributed by atoms with Gasteiger partial charge in [0.15, 0.2) is 10.9 Å². The molecule has 28 heavy (non-hydrogen) atoms. The normalized spacial score (nSPS) is 13.5. The second-order valence-electron chi connectivity index (χ2n) is 5.67. The van der Waals surface area contributed by atoms with Crippen LogP contribution in [0.4, 0.5) is 23.8 Å². The third-order valence-corrected chi connectivity index (χ3v) is 4.23. The van der Waals surface area contributed by atoms with Crippen LogP contribution in [-0.4, -0.2) is 38.5 Å². The molecule has 1 aliphatic rings. The van der Waals surface area contributed by atoms with Crippen molar-refractivity contribution < 1.29 is 27.9 Å². The van der Waals surface area contributed by atoms with Gasteiger partial charge in [-0.15, -0.1) is 0 Å². The van der Waals surface area contributed by atoms with Gasteiger partial charge in [-0.1, -0.05) is 12.1 Å². The Morgan fingerprint density at radius 1 is 1.32 bits per heavy atom. The van der Waals surface area contributed by atoms with Crippen LogP contribution in [0.2, 0.25) is 0 Å². The lowest BCUT2D eigenvalue weighted by Crippen LogP contribution is -2.45. The Kier molecular flexibility index (Phi) is 4.81. The lowest BCUT2D eigenvalue weighted by Gasteiger charge is -2.29. The first kappa shape index (κ1) is 19.4. The van der Waals surface area contributed by atoms with Crippen molar-refractivity contribution in [1.82, 2.24) is 15.1 Å². The van der Waals surface area contributed by atoms with E-state index in [1.54, 1.807) is 0 Å². The second kappa shape index (κ2) is 6.96. The summed E-state index contributed by atoms with van der Waals surface area (Å²) in [4.78, 5) is 23.9. The number of aromatic nitrogens is 2. The van der Waals surface area contributed by atoms with Crippen LogP contribution in [0.3, 0.4) is 0 Å². The number of carboxylic acid groups (broad SMARTS) is 1. The Labute approximate surface area is 161 Å². The minimum Gasteiger partial charge on any atom is -0.465 e. The SMILES string of the molecule is NC(=O)c1cnn2c1N(C(=S)NC(=O)O)CC=C2c1cccc(C(F)(F)F)c1. The smallest absolute Gasteiger partial charge is 0.416 e. The first-order chi connectivity index (χ1) is 13.1. The molecule has 12 heteroatoms. The molecule has 1 aromatic carbocycles. The first-order valence-electron chi connectivity index (χ1n) is 7.67. The summed E-state index contributed by atoms with van der Waals surface area (Å²) in [6.07, 6.45) is -3.30. The number of nitrogens with zero attached hydrogens (tertiary/aromatic N) is 3. The minimum atomic E-state index is -4.53. The van der Waals surface area contributed by atoms with E-state index in [0.717, 1.165) is 18.3 Å². The molecule has 2 heterocycles. The monoisotopic (exact) mass is 411 g/mol. The van der Waals surface area contributed by atoms with Gasteiger partial charge in [0.25, 0.3) is 5.91 Å². The molecule has 3 rings (SSSR count). The van der Waals surface area contributed by atoms with E-state index in [1.807, 2.05) is 5.32 Å². The fraction of sp³-hybridized carbons (Fsp3) is 0.125. The number of nitrogens with one attached hydrogen (secondary N) is 1. The van der Waals surface area contributed by atoms with Gasteiger partial charge in [-0.05, 0) is 30.4 Å². The van der Waals surface area contributed by atoms with E-state index in [0.29, 0.717) is 0 Å². The predicted octanol–water partition coefficient (Wildman–Crippen LogP) is 2.26. The van der Waals surface area contributed by atoms with Gasteiger partial charge in [0.1, 0.15) is 5.56 Å². The van der Waals surface area contributed by atoms with E-state index in [1.165, 1.54) is 27.8 Å². The van der Waals surface area contributed by atoms with Gasteiger partial charge in [0, 0.05) is 12.1 Å². The van der Waals surface area contributed by atoms with Crippen LogP contribution in [0.25, 0.3) is 5.70 Å².